The number of furan rings is 1. The molecule has 0 saturated heterocycles. The smallest absolute Gasteiger partial charge is 0.191 e. The molecule has 1 aromatic rings. The monoisotopic (exact) mass is 333 g/mol. The van der Waals surface area contributed by atoms with E-state index in [1.807, 2.05) is 18.2 Å². The second-order valence-corrected chi connectivity index (χ2v) is 6.62. The number of hydrogen-bond donors (Lipinski definition) is 3. The lowest BCUT2D eigenvalue weighted by atomic mass is 9.72. The summed E-state index contributed by atoms with van der Waals surface area (Å²) in [4.78, 5) is 4.80. The molecule has 0 radical (unpaired) electrons. The molecule has 1 aliphatic carbocycles. The maximum Gasteiger partial charge on any atom is 0.191 e. The van der Waals surface area contributed by atoms with E-state index >= 15 is 0 Å². The van der Waals surface area contributed by atoms with Gasteiger partial charge in [0.25, 0.3) is 0 Å². The molecule has 0 aliphatic heterocycles. The van der Waals surface area contributed by atoms with Gasteiger partial charge in [0.1, 0.15) is 5.76 Å². The van der Waals surface area contributed by atoms with E-state index in [2.05, 4.69) is 17.2 Å². The molecule has 1 aromatic heterocycles. The van der Waals surface area contributed by atoms with Crippen molar-refractivity contribution in [3.63, 3.8) is 0 Å². The number of aliphatic hydroxyl groups is 1. The number of hydrogen-bond acceptors (Lipinski definition) is 3. The molecule has 1 aliphatic rings. The summed E-state index contributed by atoms with van der Waals surface area (Å²) in [5.41, 5.74) is 0.163. The Morgan fingerprint density at radius 1 is 1.33 bits per heavy atom. The van der Waals surface area contributed by atoms with E-state index in [9.17, 15) is 5.11 Å². The fourth-order valence-electron chi connectivity index (χ4n) is 3.37. The zero-order valence-corrected chi connectivity index (χ0v) is 14.6. The second-order valence-electron chi connectivity index (χ2n) is 6.62. The molecule has 1 fully saturated rings. The average molecular weight is 333 g/mol. The van der Waals surface area contributed by atoms with Crippen LogP contribution in [-0.4, -0.2) is 37.3 Å². The van der Waals surface area contributed by atoms with Gasteiger partial charge in [0.2, 0.25) is 0 Å². The Kier molecular flexibility index (Phi) is 7.89. The van der Waals surface area contributed by atoms with Crippen molar-refractivity contribution in [1.82, 2.24) is 10.6 Å². The highest BCUT2D eigenvalue weighted by atomic mass is 16.3. The molecule has 0 amide bonds. The van der Waals surface area contributed by atoms with E-state index in [4.69, 9.17) is 9.41 Å². The van der Waals surface area contributed by atoms with Gasteiger partial charge < -0.3 is 20.2 Å². The summed E-state index contributed by atoms with van der Waals surface area (Å²) in [5.74, 6) is 1.78. The summed E-state index contributed by atoms with van der Waals surface area (Å²) in [5, 5.41) is 16.1. The van der Waals surface area contributed by atoms with Gasteiger partial charge in [0.15, 0.2) is 5.96 Å². The van der Waals surface area contributed by atoms with Crippen LogP contribution in [0.2, 0.25) is 0 Å². The number of aliphatic hydroxyl groups excluding tert-OH is 1. The normalized spacial score (nSPS) is 17.5. The van der Waals surface area contributed by atoms with Gasteiger partial charge in [-0.1, -0.05) is 25.3 Å². The van der Waals surface area contributed by atoms with Gasteiger partial charge in [-0.3, -0.25) is 4.99 Å². The number of nitrogens with zero attached hydrogens (tertiary/aromatic N) is 1. The van der Waals surface area contributed by atoms with Crippen LogP contribution in [0.25, 0.3) is 0 Å². The molecular weight excluding hydrogens is 302 g/mol. The molecular formula is C19H31N3O2. The molecule has 134 valence electrons. The van der Waals surface area contributed by atoms with Crippen LogP contribution in [0.1, 0.15) is 44.3 Å². The molecule has 3 N–H and O–H groups in total. The summed E-state index contributed by atoms with van der Waals surface area (Å²) in [6, 6.07) is 3.88. The first kappa shape index (κ1) is 18.6. The van der Waals surface area contributed by atoms with Gasteiger partial charge in [-0.05, 0) is 36.8 Å². The number of guanidine groups is 1. The molecule has 5 heteroatoms. The van der Waals surface area contributed by atoms with Crippen LogP contribution in [0, 0.1) is 5.41 Å². The molecule has 0 bridgehead atoms. The fourth-order valence-corrected chi connectivity index (χ4v) is 3.37. The van der Waals surface area contributed by atoms with Gasteiger partial charge in [0.05, 0.1) is 6.26 Å². The van der Waals surface area contributed by atoms with Crippen LogP contribution in [0.3, 0.4) is 0 Å². The van der Waals surface area contributed by atoms with E-state index in [0.29, 0.717) is 6.54 Å². The number of nitrogens with one attached hydrogen (secondary N) is 2. The SMILES string of the molecule is C=CCNC(=NCC1(CCO)CCCCC1)NCCc1ccco1. The Morgan fingerprint density at radius 3 is 2.83 bits per heavy atom. The van der Waals surface area contributed by atoms with Crippen molar-refractivity contribution in [3.8, 4) is 0 Å². The van der Waals surface area contributed by atoms with E-state index in [1.165, 1.54) is 19.3 Å². The zero-order chi connectivity index (χ0) is 17.1. The zero-order valence-electron chi connectivity index (χ0n) is 14.6. The van der Waals surface area contributed by atoms with E-state index in [1.54, 1.807) is 6.26 Å². The van der Waals surface area contributed by atoms with Crippen LogP contribution in [0.4, 0.5) is 0 Å². The number of rotatable bonds is 9. The highest BCUT2D eigenvalue weighted by Gasteiger charge is 2.31. The molecule has 1 saturated carbocycles. The van der Waals surface area contributed by atoms with Crippen LogP contribution in [-0.2, 0) is 6.42 Å². The van der Waals surface area contributed by atoms with E-state index in [-0.39, 0.29) is 12.0 Å². The van der Waals surface area contributed by atoms with Gasteiger partial charge in [-0.25, -0.2) is 0 Å². The van der Waals surface area contributed by atoms with Crippen molar-refractivity contribution in [2.75, 3.05) is 26.2 Å². The average Bonchev–Trinajstić information content (AvgIpc) is 3.11. The molecule has 0 spiro atoms. The van der Waals surface area contributed by atoms with Crippen molar-refractivity contribution in [2.24, 2.45) is 10.4 Å². The quantitative estimate of drug-likeness (QED) is 0.369. The summed E-state index contributed by atoms with van der Waals surface area (Å²) in [7, 11) is 0. The predicted octanol–water partition coefficient (Wildman–Crippen LogP) is 2.88. The van der Waals surface area contributed by atoms with Crippen LogP contribution in [0.15, 0.2) is 40.5 Å². The Morgan fingerprint density at radius 2 is 2.17 bits per heavy atom. The Hall–Kier alpha value is -1.75. The number of aliphatic imine (C=N–C) groups is 1. The van der Waals surface area contributed by atoms with Crippen molar-refractivity contribution >= 4 is 5.96 Å². The van der Waals surface area contributed by atoms with Crippen molar-refractivity contribution in [2.45, 2.75) is 44.9 Å². The first-order chi connectivity index (χ1) is 11.8. The minimum atomic E-state index is 0.163. The minimum absolute atomic E-state index is 0.163. The maximum absolute atomic E-state index is 9.43. The Bertz CT molecular complexity index is 485. The van der Waals surface area contributed by atoms with Crippen LogP contribution >= 0.6 is 0 Å². The van der Waals surface area contributed by atoms with Crippen molar-refractivity contribution < 1.29 is 9.52 Å². The lowest BCUT2D eigenvalue weighted by molar-refractivity contribution is 0.137. The van der Waals surface area contributed by atoms with Gasteiger partial charge in [-0.15, -0.1) is 6.58 Å². The predicted molar refractivity (Wildman–Crippen MR) is 98.1 cm³/mol. The van der Waals surface area contributed by atoms with Crippen molar-refractivity contribution in [3.05, 3.63) is 36.8 Å². The first-order valence-electron chi connectivity index (χ1n) is 9.04. The maximum atomic E-state index is 9.43. The van der Waals surface area contributed by atoms with Crippen LogP contribution < -0.4 is 10.6 Å². The van der Waals surface area contributed by atoms with E-state index < -0.39 is 0 Å². The third-order valence-corrected chi connectivity index (χ3v) is 4.79. The lowest BCUT2D eigenvalue weighted by Crippen LogP contribution is -2.40. The molecule has 5 nitrogen and oxygen atoms in total. The van der Waals surface area contributed by atoms with Gasteiger partial charge >= 0.3 is 0 Å². The molecule has 24 heavy (non-hydrogen) atoms. The molecule has 0 unspecified atom stereocenters. The molecule has 1 heterocycles. The minimum Gasteiger partial charge on any atom is -0.469 e. The summed E-state index contributed by atoms with van der Waals surface area (Å²) in [6.45, 7) is 6.21. The molecule has 0 aromatic carbocycles. The highest BCUT2D eigenvalue weighted by molar-refractivity contribution is 5.79. The lowest BCUT2D eigenvalue weighted by Gasteiger charge is -2.35. The second kappa shape index (κ2) is 10.2. The van der Waals surface area contributed by atoms with E-state index in [0.717, 1.165) is 50.5 Å². The standard InChI is InChI=1S/C19H31N3O2/c1-2-12-20-18(21-13-8-17-7-6-15-24-17)22-16-19(11-14-23)9-4-3-5-10-19/h2,6-7,15,23H,1,3-5,8-14,16H2,(H2,20,21,22). The summed E-state index contributed by atoms with van der Waals surface area (Å²) in [6.07, 6.45) is 11.3. The molecule has 0 atom stereocenters. The van der Waals surface area contributed by atoms with Gasteiger partial charge in [-0.2, -0.15) is 0 Å². The topological polar surface area (TPSA) is 69.8 Å². The van der Waals surface area contributed by atoms with Crippen LogP contribution in [0.5, 0.6) is 0 Å². The summed E-state index contributed by atoms with van der Waals surface area (Å²) < 4.78 is 5.36. The fraction of sp³-hybridized carbons (Fsp3) is 0.632. The third-order valence-electron chi connectivity index (χ3n) is 4.79. The largest absolute Gasteiger partial charge is 0.469 e. The Labute approximate surface area is 145 Å². The highest BCUT2D eigenvalue weighted by Crippen LogP contribution is 2.39. The summed E-state index contributed by atoms with van der Waals surface area (Å²) >= 11 is 0. The Balaban J connectivity index is 1.91. The van der Waals surface area contributed by atoms with Crippen molar-refractivity contribution in [1.29, 1.82) is 0 Å². The molecule has 2 rings (SSSR count). The first-order valence-corrected chi connectivity index (χ1v) is 9.04. The third kappa shape index (κ3) is 6.04. The van der Waals surface area contributed by atoms with Gasteiger partial charge in [0, 0.05) is 32.7 Å².